The highest BCUT2D eigenvalue weighted by Crippen LogP contribution is 2.28. The Morgan fingerprint density at radius 3 is 1.92 bits per heavy atom. The maximum Gasteiger partial charge on any atom is 0.244 e. The van der Waals surface area contributed by atoms with E-state index in [0.717, 1.165) is 51.4 Å². The molecule has 3 nitrogen and oxygen atoms in total. The molecule has 0 aromatic heterocycles. The molecular formula is C18H29Cl2NO2S. The molecule has 0 amide bonds. The first-order valence-electron chi connectivity index (χ1n) is 8.88. The smallest absolute Gasteiger partial charge is 0.207 e. The topological polar surface area (TPSA) is 37.4 Å². The molecule has 0 radical (unpaired) electrons. The Morgan fingerprint density at radius 2 is 1.42 bits per heavy atom. The standard InChI is InChI=1S/C18H29Cl2NO2S/c1-3-5-7-9-13-21(14-10-8-6-4-2)24(22,23)18-15-16(19)11-12-17(18)20/h11-12,15H,3-10,13-14H2,1-2H3. The largest absolute Gasteiger partial charge is 0.244 e. The minimum atomic E-state index is -3.61. The van der Waals surface area contributed by atoms with Crippen molar-refractivity contribution in [1.29, 1.82) is 0 Å². The second kappa shape index (κ2) is 11.3. The summed E-state index contributed by atoms with van der Waals surface area (Å²) in [7, 11) is -3.61. The van der Waals surface area contributed by atoms with Gasteiger partial charge in [0.1, 0.15) is 4.90 Å². The van der Waals surface area contributed by atoms with Crippen LogP contribution in [0.3, 0.4) is 0 Å². The van der Waals surface area contributed by atoms with Gasteiger partial charge in [-0.1, -0.05) is 75.6 Å². The number of sulfonamides is 1. The highest BCUT2D eigenvalue weighted by atomic mass is 35.5. The van der Waals surface area contributed by atoms with Gasteiger partial charge in [0.15, 0.2) is 0 Å². The zero-order valence-corrected chi connectivity index (χ0v) is 17.1. The zero-order chi connectivity index (χ0) is 18.0. The van der Waals surface area contributed by atoms with Crippen LogP contribution in [0.25, 0.3) is 0 Å². The molecule has 0 saturated heterocycles. The summed E-state index contributed by atoms with van der Waals surface area (Å²) in [4.78, 5) is 0.114. The molecule has 0 atom stereocenters. The molecule has 1 aromatic rings. The SMILES string of the molecule is CCCCCCN(CCCCCC)S(=O)(=O)c1cc(Cl)ccc1Cl. The van der Waals surface area contributed by atoms with Crippen molar-refractivity contribution in [2.75, 3.05) is 13.1 Å². The first-order chi connectivity index (χ1) is 11.4. The van der Waals surface area contributed by atoms with E-state index in [1.165, 1.54) is 6.07 Å². The molecule has 0 aliphatic rings. The Bertz CT molecular complexity index is 579. The molecule has 138 valence electrons. The normalized spacial score (nSPS) is 12.0. The number of benzene rings is 1. The van der Waals surface area contributed by atoms with E-state index in [-0.39, 0.29) is 9.92 Å². The minimum absolute atomic E-state index is 0.114. The van der Waals surface area contributed by atoms with Gasteiger partial charge in [-0.15, -0.1) is 0 Å². The predicted octanol–water partition coefficient (Wildman–Crippen LogP) is 6.14. The highest BCUT2D eigenvalue weighted by molar-refractivity contribution is 7.89. The van der Waals surface area contributed by atoms with Gasteiger partial charge in [-0.3, -0.25) is 0 Å². The van der Waals surface area contributed by atoms with Crippen molar-refractivity contribution in [1.82, 2.24) is 4.31 Å². The molecule has 0 fully saturated rings. The van der Waals surface area contributed by atoms with Crippen LogP contribution in [-0.4, -0.2) is 25.8 Å². The van der Waals surface area contributed by atoms with Crippen LogP contribution in [-0.2, 0) is 10.0 Å². The third-order valence-electron chi connectivity index (χ3n) is 4.03. The van der Waals surface area contributed by atoms with E-state index in [1.54, 1.807) is 16.4 Å². The van der Waals surface area contributed by atoms with E-state index in [9.17, 15) is 8.42 Å². The van der Waals surface area contributed by atoms with Crippen LogP contribution < -0.4 is 0 Å². The summed E-state index contributed by atoms with van der Waals surface area (Å²) < 4.78 is 27.6. The van der Waals surface area contributed by atoms with Crippen molar-refractivity contribution in [3.05, 3.63) is 28.2 Å². The fourth-order valence-electron chi connectivity index (χ4n) is 2.60. The molecule has 24 heavy (non-hydrogen) atoms. The number of hydrogen-bond acceptors (Lipinski definition) is 2. The van der Waals surface area contributed by atoms with Gasteiger partial charge in [0.25, 0.3) is 0 Å². The van der Waals surface area contributed by atoms with Crippen LogP contribution >= 0.6 is 23.2 Å². The van der Waals surface area contributed by atoms with E-state index in [4.69, 9.17) is 23.2 Å². The molecule has 0 aliphatic carbocycles. The van der Waals surface area contributed by atoms with Crippen molar-refractivity contribution in [3.63, 3.8) is 0 Å². The highest BCUT2D eigenvalue weighted by Gasteiger charge is 2.26. The van der Waals surface area contributed by atoms with Crippen LogP contribution in [0.2, 0.25) is 10.0 Å². The second-order valence-electron chi connectivity index (χ2n) is 6.10. The van der Waals surface area contributed by atoms with Crippen molar-refractivity contribution < 1.29 is 8.42 Å². The van der Waals surface area contributed by atoms with Crippen LogP contribution in [0, 0.1) is 0 Å². The molecule has 0 aliphatic heterocycles. The monoisotopic (exact) mass is 393 g/mol. The molecule has 0 heterocycles. The molecule has 1 rings (SSSR count). The molecule has 0 unspecified atom stereocenters. The number of unbranched alkanes of at least 4 members (excludes halogenated alkanes) is 6. The molecule has 0 N–H and O–H groups in total. The maximum atomic E-state index is 13.0. The zero-order valence-electron chi connectivity index (χ0n) is 14.7. The van der Waals surface area contributed by atoms with Crippen molar-refractivity contribution >= 4 is 33.2 Å². The van der Waals surface area contributed by atoms with Gasteiger partial charge in [0.2, 0.25) is 10.0 Å². The molecule has 0 bridgehead atoms. The molecule has 6 heteroatoms. The number of nitrogens with zero attached hydrogens (tertiary/aromatic N) is 1. The lowest BCUT2D eigenvalue weighted by Crippen LogP contribution is -2.33. The minimum Gasteiger partial charge on any atom is -0.207 e. The van der Waals surface area contributed by atoms with Gasteiger partial charge in [-0.25, -0.2) is 8.42 Å². The lowest BCUT2D eigenvalue weighted by Gasteiger charge is -2.23. The Labute approximate surface area is 157 Å². The van der Waals surface area contributed by atoms with Gasteiger partial charge in [0, 0.05) is 18.1 Å². The first-order valence-corrected chi connectivity index (χ1v) is 11.1. The van der Waals surface area contributed by atoms with E-state index >= 15 is 0 Å². The third kappa shape index (κ3) is 6.91. The van der Waals surface area contributed by atoms with E-state index < -0.39 is 10.0 Å². The average Bonchev–Trinajstić information content (AvgIpc) is 2.55. The van der Waals surface area contributed by atoms with Gasteiger partial charge in [-0.2, -0.15) is 4.31 Å². The fraction of sp³-hybridized carbons (Fsp3) is 0.667. The van der Waals surface area contributed by atoms with Gasteiger partial charge >= 0.3 is 0 Å². The Morgan fingerprint density at radius 1 is 0.875 bits per heavy atom. The maximum absolute atomic E-state index is 13.0. The Balaban J connectivity index is 2.90. The lowest BCUT2D eigenvalue weighted by molar-refractivity contribution is 0.385. The number of halogens is 2. The summed E-state index contributed by atoms with van der Waals surface area (Å²) in [6.45, 7) is 5.37. The summed E-state index contributed by atoms with van der Waals surface area (Å²) in [5.41, 5.74) is 0. The quantitative estimate of drug-likeness (QED) is 0.399. The Kier molecular flexibility index (Phi) is 10.3. The summed E-state index contributed by atoms with van der Waals surface area (Å²) in [5.74, 6) is 0. The first kappa shape index (κ1) is 21.8. The molecular weight excluding hydrogens is 365 g/mol. The van der Waals surface area contributed by atoms with Crippen molar-refractivity contribution in [2.24, 2.45) is 0 Å². The number of hydrogen-bond donors (Lipinski definition) is 0. The van der Waals surface area contributed by atoms with Crippen molar-refractivity contribution in [3.8, 4) is 0 Å². The lowest BCUT2D eigenvalue weighted by atomic mass is 10.2. The molecule has 1 aromatic carbocycles. The van der Waals surface area contributed by atoms with Gasteiger partial charge in [0.05, 0.1) is 5.02 Å². The van der Waals surface area contributed by atoms with Crippen LogP contribution in [0.15, 0.2) is 23.1 Å². The Hall–Kier alpha value is -0.290. The third-order valence-corrected chi connectivity index (χ3v) is 6.65. The van der Waals surface area contributed by atoms with Gasteiger partial charge < -0.3 is 0 Å². The van der Waals surface area contributed by atoms with Crippen molar-refractivity contribution in [2.45, 2.75) is 70.1 Å². The average molecular weight is 394 g/mol. The summed E-state index contributed by atoms with van der Waals surface area (Å²) >= 11 is 12.1. The fourth-order valence-corrected chi connectivity index (χ4v) is 4.85. The van der Waals surface area contributed by atoms with Crippen LogP contribution in [0.5, 0.6) is 0 Å². The van der Waals surface area contributed by atoms with Gasteiger partial charge in [-0.05, 0) is 31.0 Å². The number of rotatable bonds is 12. The molecule has 0 saturated carbocycles. The summed E-state index contributed by atoms with van der Waals surface area (Å²) in [5, 5.41) is 0.612. The van der Waals surface area contributed by atoms with E-state index in [1.807, 2.05) is 0 Å². The summed E-state index contributed by atoms with van der Waals surface area (Å²) in [6, 6.07) is 4.60. The van der Waals surface area contributed by atoms with Crippen LogP contribution in [0.4, 0.5) is 0 Å². The molecule has 0 spiro atoms. The summed E-state index contributed by atoms with van der Waals surface area (Å²) in [6.07, 6.45) is 8.34. The van der Waals surface area contributed by atoms with E-state index in [2.05, 4.69) is 13.8 Å². The van der Waals surface area contributed by atoms with E-state index in [0.29, 0.717) is 18.1 Å². The second-order valence-corrected chi connectivity index (χ2v) is 8.85. The van der Waals surface area contributed by atoms with Crippen LogP contribution in [0.1, 0.15) is 65.2 Å². The predicted molar refractivity (Wildman–Crippen MR) is 104 cm³/mol.